The monoisotopic (exact) mass is 283 g/mol. The summed E-state index contributed by atoms with van der Waals surface area (Å²) < 4.78 is 11.1. The highest BCUT2D eigenvalue weighted by Gasteiger charge is 2.17. The van der Waals surface area contributed by atoms with Crippen molar-refractivity contribution < 1.29 is 13.9 Å². The van der Waals surface area contributed by atoms with Gasteiger partial charge in [0, 0.05) is 0 Å². The van der Waals surface area contributed by atoms with E-state index in [1.165, 1.54) is 0 Å². The number of fused-ring (bicyclic) bond motifs is 1. The van der Waals surface area contributed by atoms with Gasteiger partial charge < -0.3 is 9.15 Å². The fourth-order valence-electron chi connectivity index (χ4n) is 2.08. The summed E-state index contributed by atoms with van der Waals surface area (Å²) in [4.78, 5) is 23.9. The standard InChI is InChI=1S/C16H13NO4/c1-11-7-8-13-14(9-11)21-16(19)17(13)15(18)20-10-12-5-3-2-4-6-12/h2-9H,10H2,1H3. The summed E-state index contributed by atoms with van der Waals surface area (Å²) in [6, 6.07) is 14.4. The van der Waals surface area contributed by atoms with E-state index < -0.39 is 11.8 Å². The molecule has 0 unspecified atom stereocenters. The van der Waals surface area contributed by atoms with Crippen LogP contribution in [0.3, 0.4) is 0 Å². The Hall–Kier alpha value is -2.82. The van der Waals surface area contributed by atoms with Gasteiger partial charge in [-0.15, -0.1) is 0 Å². The van der Waals surface area contributed by atoms with Crippen LogP contribution in [0.4, 0.5) is 4.79 Å². The normalized spacial score (nSPS) is 10.7. The number of benzene rings is 2. The molecule has 0 bridgehead atoms. The first kappa shape index (κ1) is 13.2. The number of rotatable bonds is 2. The molecule has 1 aromatic heterocycles. The van der Waals surface area contributed by atoms with Gasteiger partial charge in [0.1, 0.15) is 12.1 Å². The Labute approximate surface area is 120 Å². The lowest BCUT2D eigenvalue weighted by Gasteiger charge is -2.04. The predicted molar refractivity (Wildman–Crippen MR) is 77.2 cm³/mol. The highest BCUT2D eigenvalue weighted by molar-refractivity contribution is 5.85. The van der Waals surface area contributed by atoms with Crippen LogP contribution in [0.25, 0.3) is 11.1 Å². The maximum absolute atomic E-state index is 12.1. The molecule has 0 aliphatic heterocycles. The van der Waals surface area contributed by atoms with Gasteiger partial charge in [-0.25, -0.2) is 9.59 Å². The maximum atomic E-state index is 12.1. The summed E-state index contributed by atoms with van der Waals surface area (Å²) in [7, 11) is 0. The maximum Gasteiger partial charge on any atom is 0.429 e. The third-order valence-corrected chi connectivity index (χ3v) is 3.12. The summed E-state index contributed by atoms with van der Waals surface area (Å²) >= 11 is 0. The van der Waals surface area contributed by atoms with Gasteiger partial charge in [-0.3, -0.25) is 0 Å². The fraction of sp³-hybridized carbons (Fsp3) is 0.125. The average Bonchev–Trinajstić information content (AvgIpc) is 2.81. The molecule has 0 atom stereocenters. The summed E-state index contributed by atoms with van der Waals surface area (Å²) in [6.07, 6.45) is -0.744. The van der Waals surface area contributed by atoms with Gasteiger partial charge in [0.05, 0.1) is 0 Å². The van der Waals surface area contributed by atoms with Crippen LogP contribution in [0.2, 0.25) is 0 Å². The molecule has 0 saturated heterocycles. The summed E-state index contributed by atoms with van der Waals surface area (Å²) in [6.45, 7) is 1.98. The van der Waals surface area contributed by atoms with Crippen molar-refractivity contribution in [3.63, 3.8) is 0 Å². The average molecular weight is 283 g/mol. The molecule has 106 valence electrons. The number of aromatic nitrogens is 1. The molecule has 0 amide bonds. The molecule has 0 radical (unpaired) electrons. The fourth-order valence-corrected chi connectivity index (χ4v) is 2.08. The van der Waals surface area contributed by atoms with E-state index in [1.54, 1.807) is 18.2 Å². The van der Waals surface area contributed by atoms with Crippen LogP contribution in [0.5, 0.6) is 0 Å². The molecule has 0 N–H and O–H groups in total. The van der Waals surface area contributed by atoms with Crippen LogP contribution >= 0.6 is 0 Å². The smallest absolute Gasteiger partial charge is 0.429 e. The van der Waals surface area contributed by atoms with E-state index in [2.05, 4.69) is 0 Å². The van der Waals surface area contributed by atoms with Gasteiger partial charge in [0.25, 0.3) is 0 Å². The minimum atomic E-state index is -0.744. The summed E-state index contributed by atoms with van der Waals surface area (Å²) in [5, 5.41) is 0. The molecule has 5 heteroatoms. The van der Waals surface area contributed by atoms with Crippen molar-refractivity contribution in [2.75, 3.05) is 0 Å². The van der Waals surface area contributed by atoms with Gasteiger partial charge in [-0.05, 0) is 30.2 Å². The van der Waals surface area contributed by atoms with E-state index in [4.69, 9.17) is 9.15 Å². The van der Waals surface area contributed by atoms with E-state index >= 15 is 0 Å². The van der Waals surface area contributed by atoms with Gasteiger partial charge in [0.15, 0.2) is 5.58 Å². The topological polar surface area (TPSA) is 61.4 Å². The van der Waals surface area contributed by atoms with Crippen LogP contribution in [0, 0.1) is 6.92 Å². The van der Waals surface area contributed by atoms with E-state index in [9.17, 15) is 9.59 Å². The molecule has 0 fully saturated rings. The molecular formula is C16H13NO4. The number of nitrogens with zero attached hydrogens (tertiary/aromatic N) is 1. The predicted octanol–water partition coefficient (Wildman–Crippen LogP) is 3.09. The van der Waals surface area contributed by atoms with Crippen LogP contribution in [0.15, 0.2) is 57.7 Å². The second-order valence-corrected chi connectivity index (χ2v) is 4.71. The molecule has 1 heterocycles. The van der Waals surface area contributed by atoms with E-state index in [-0.39, 0.29) is 6.61 Å². The molecule has 3 rings (SSSR count). The molecule has 0 aliphatic carbocycles. The zero-order valence-corrected chi connectivity index (χ0v) is 11.4. The lowest BCUT2D eigenvalue weighted by atomic mass is 10.2. The van der Waals surface area contributed by atoms with Crippen molar-refractivity contribution >= 4 is 17.2 Å². The lowest BCUT2D eigenvalue weighted by molar-refractivity contribution is 0.140. The highest BCUT2D eigenvalue weighted by Crippen LogP contribution is 2.15. The van der Waals surface area contributed by atoms with Crippen molar-refractivity contribution in [1.29, 1.82) is 0 Å². The molecule has 3 aromatic rings. The van der Waals surface area contributed by atoms with Crippen LogP contribution < -0.4 is 5.76 Å². The number of aryl methyl sites for hydroxylation is 1. The molecule has 2 aromatic carbocycles. The zero-order chi connectivity index (χ0) is 14.8. The molecular weight excluding hydrogens is 270 g/mol. The summed E-state index contributed by atoms with van der Waals surface area (Å²) in [5.74, 6) is -0.742. The van der Waals surface area contributed by atoms with Crippen LogP contribution in [-0.2, 0) is 11.3 Å². The van der Waals surface area contributed by atoms with Crippen molar-refractivity contribution in [1.82, 2.24) is 4.57 Å². The Kier molecular flexibility index (Phi) is 3.31. The van der Waals surface area contributed by atoms with Gasteiger partial charge >= 0.3 is 11.8 Å². The Morgan fingerprint density at radius 3 is 2.71 bits per heavy atom. The molecule has 0 aliphatic rings. The van der Waals surface area contributed by atoms with Crippen LogP contribution in [-0.4, -0.2) is 10.7 Å². The molecule has 5 nitrogen and oxygen atoms in total. The molecule has 21 heavy (non-hydrogen) atoms. The number of carbonyl (C=O) groups excluding carboxylic acids is 1. The Balaban J connectivity index is 1.88. The van der Waals surface area contributed by atoms with Crippen molar-refractivity contribution in [2.24, 2.45) is 0 Å². The second kappa shape index (κ2) is 5.28. The Bertz CT molecular complexity index is 846. The van der Waals surface area contributed by atoms with Gasteiger partial charge in [-0.2, -0.15) is 4.57 Å². The highest BCUT2D eigenvalue weighted by atomic mass is 16.6. The SMILES string of the molecule is Cc1ccc2c(c1)oc(=O)n2C(=O)OCc1ccccc1. The third kappa shape index (κ3) is 2.58. The molecule has 0 saturated carbocycles. The van der Waals surface area contributed by atoms with Gasteiger partial charge in [0.2, 0.25) is 0 Å². The minimum Gasteiger partial charge on any atom is -0.444 e. The van der Waals surface area contributed by atoms with E-state index in [0.29, 0.717) is 11.1 Å². The van der Waals surface area contributed by atoms with Crippen molar-refractivity contribution in [2.45, 2.75) is 13.5 Å². The van der Waals surface area contributed by atoms with Crippen molar-refractivity contribution in [3.05, 3.63) is 70.2 Å². The largest absolute Gasteiger partial charge is 0.444 e. The lowest BCUT2D eigenvalue weighted by Crippen LogP contribution is -2.23. The Morgan fingerprint density at radius 2 is 1.95 bits per heavy atom. The van der Waals surface area contributed by atoms with E-state index in [1.807, 2.05) is 37.3 Å². The number of carbonyl (C=O) groups is 1. The first-order chi connectivity index (χ1) is 10.1. The number of oxazole rings is 1. The minimum absolute atomic E-state index is 0.102. The number of hydrogen-bond acceptors (Lipinski definition) is 4. The van der Waals surface area contributed by atoms with Gasteiger partial charge in [-0.1, -0.05) is 36.4 Å². The number of hydrogen-bond donors (Lipinski definition) is 0. The van der Waals surface area contributed by atoms with Crippen molar-refractivity contribution in [3.8, 4) is 0 Å². The number of ether oxygens (including phenoxy) is 1. The van der Waals surface area contributed by atoms with E-state index in [0.717, 1.165) is 15.7 Å². The molecule has 0 spiro atoms. The first-order valence-corrected chi connectivity index (χ1v) is 6.48. The van der Waals surface area contributed by atoms with Crippen LogP contribution in [0.1, 0.15) is 11.1 Å². The second-order valence-electron chi connectivity index (χ2n) is 4.71. The zero-order valence-electron chi connectivity index (χ0n) is 11.4. The third-order valence-electron chi connectivity index (χ3n) is 3.12. The first-order valence-electron chi connectivity index (χ1n) is 6.48. The summed E-state index contributed by atoms with van der Waals surface area (Å²) in [5.41, 5.74) is 2.57. The quantitative estimate of drug-likeness (QED) is 0.725. The Morgan fingerprint density at radius 1 is 1.19 bits per heavy atom.